The van der Waals surface area contributed by atoms with Gasteiger partial charge in [-0.3, -0.25) is 9.69 Å². The van der Waals surface area contributed by atoms with Crippen LogP contribution in [0, 0.1) is 12.7 Å². The summed E-state index contributed by atoms with van der Waals surface area (Å²) >= 11 is 7.73. The number of ether oxygens (including phenoxy) is 1. The maximum Gasteiger partial charge on any atom is 0.266 e. The molecule has 9 heteroatoms. The zero-order chi connectivity index (χ0) is 21.7. The lowest BCUT2D eigenvalue weighted by Gasteiger charge is -2.24. The molecule has 0 radical (unpaired) electrons. The first-order chi connectivity index (χ1) is 14.4. The van der Waals surface area contributed by atoms with Crippen LogP contribution < -0.4 is 9.64 Å². The van der Waals surface area contributed by atoms with Crippen molar-refractivity contribution in [3.63, 3.8) is 0 Å². The van der Waals surface area contributed by atoms with E-state index in [1.165, 1.54) is 23.5 Å². The van der Waals surface area contributed by atoms with E-state index >= 15 is 0 Å². The summed E-state index contributed by atoms with van der Waals surface area (Å²) in [5.74, 6) is -0.724. The second kappa shape index (κ2) is 11.6. The molecule has 3 aromatic rings. The molecule has 168 valence electrons. The standard InChI is InChI=1S/C22H25ClFN3O2S.ClH/c1-4-26(5-2)12-13-27(19(28)14-29-18-9-7-6-8-17(18)24)22-25-20-15(3)10-11-16(23)21(20)30-22;/h6-11H,4-5,12-14H2,1-3H3;1H. The Morgan fingerprint density at radius 1 is 1.16 bits per heavy atom. The van der Waals surface area contributed by atoms with E-state index in [-0.39, 0.29) is 30.7 Å². The molecule has 1 aromatic heterocycles. The van der Waals surface area contributed by atoms with Gasteiger partial charge < -0.3 is 9.64 Å². The Morgan fingerprint density at radius 2 is 1.87 bits per heavy atom. The number of rotatable bonds is 9. The van der Waals surface area contributed by atoms with Gasteiger partial charge in [0.2, 0.25) is 0 Å². The topological polar surface area (TPSA) is 45.7 Å². The van der Waals surface area contributed by atoms with Crippen LogP contribution in [0.2, 0.25) is 5.02 Å². The van der Waals surface area contributed by atoms with E-state index < -0.39 is 5.82 Å². The number of carbonyl (C=O) groups is 1. The Balaban J connectivity index is 0.00000341. The maximum absolute atomic E-state index is 13.9. The number of para-hydroxylation sites is 1. The normalized spacial score (nSPS) is 10.9. The van der Waals surface area contributed by atoms with Crippen LogP contribution in [0.3, 0.4) is 0 Å². The number of hydrogen-bond donors (Lipinski definition) is 0. The number of thiazole rings is 1. The number of hydrogen-bond acceptors (Lipinski definition) is 5. The van der Waals surface area contributed by atoms with Crippen LogP contribution >= 0.6 is 35.3 Å². The fourth-order valence-electron chi connectivity index (χ4n) is 3.09. The SMILES string of the molecule is CCN(CC)CCN(C(=O)COc1ccccc1F)c1nc2c(C)ccc(Cl)c2s1.Cl. The molecule has 3 rings (SSSR count). The molecule has 0 saturated heterocycles. The third-order valence-electron chi connectivity index (χ3n) is 4.94. The molecule has 0 unspecified atom stereocenters. The van der Waals surface area contributed by atoms with Crippen molar-refractivity contribution in [1.82, 2.24) is 9.88 Å². The van der Waals surface area contributed by atoms with Crippen LogP contribution in [-0.2, 0) is 4.79 Å². The molecule has 0 fully saturated rings. The Bertz CT molecular complexity index is 988. The molecule has 0 bridgehead atoms. The highest BCUT2D eigenvalue weighted by atomic mass is 35.5. The molecule has 0 spiro atoms. The minimum absolute atomic E-state index is 0. The highest BCUT2D eigenvalue weighted by molar-refractivity contribution is 7.23. The van der Waals surface area contributed by atoms with E-state index in [1.54, 1.807) is 17.0 Å². The predicted molar refractivity (Wildman–Crippen MR) is 129 cm³/mol. The molecule has 0 atom stereocenters. The summed E-state index contributed by atoms with van der Waals surface area (Å²) in [5.41, 5.74) is 1.79. The van der Waals surface area contributed by atoms with E-state index in [9.17, 15) is 9.18 Å². The molecule has 2 aromatic carbocycles. The number of fused-ring (bicyclic) bond motifs is 1. The van der Waals surface area contributed by atoms with Crippen molar-refractivity contribution >= 4 is 56.6 Å². The van der Waals surface area contributed by atoms with Gasteiger partial charge in [0.05, 0.1) is 15.2 Å². The number of halogens is 3. The van der Waals surface area contributed by atoms with Crippen molar-refractivity contribution in [3.05, 3.63) is 52.8 Å². The molecular formula is C22H26Cl2FN3O2S. The smallest absolute Gasteiger partial charge is 0.266 e. The molecular weight excluding hydrogens is 460 g/mol. The van der Waals surface area contributed by atoms with Crippen molar-refractivity contribution in [1.29, 1.82) is 0 Å². The van der Waals surface area contributed by atoms with Gasteiger partial charge in [-0.15, -0.1) is 12.4 Å². The second-order valence-electron chi connectivity index (χ2n) is 6.83. The van der Waals surface area contributed by atoms with Gasteiger partial charge in [-0.2, -0.15) is 0 Å². The number of nitrogens with zero attached hydrogens (tertiary/aromatic N) is 3. The maximum atomic E-state index is 13.9. The summed E-state index contributed by atoms with van der Waals surface area (Å²) < 4.78 is 20.2. The molecule has 0 saturated carbocycles. The van der Waals surface area contributed by atoms with Crippen LogP contribution in [-0.4, -0.2) is 48.6 Å². The lowest BCUT2D eigenvalue weighted by molar-refractivity contribution is -0.120. The van der Waals surface area contributed by atoms with Gasteiger partial charge in [-0.1, -0.05) is 55.0 Å². The van der Waals surface area contributed by atoms with Crippen LogP contribution in [0.1, 0.15) is 19.4 Å². The van der Waals surface area contributed by atoms with E-state index in [0.717, 1.165) is 28.9 Å². The molecule has 0 aliphatic heterocycles. The van der Waals surface area contributed by atoms with Gasteiger partial charge in [0.15, 0.2) is 23.3 Å². The van der Waals surface area contributed by atoms with Gasteiger partial charge in [0.1, 0.15) is 0 Å². The van der Waals surface area contributed by atoms with Gasteiger partial charge in [-0.25, -0.2) is 9.37 Å². The monoisotopic (exact) mass is 485 g/mol. The highest BCUT2D eigenvalue weighted by Gasteiger charge is 2.22. The van der Waals surface area contributed by atoms with Crippen molar-refractivity contribution in [2.45, 2.75) is 20.8 Å². The Morgan fingerprint density at radius 3 is 2.52 bits per heavy atom. The summed E-state index contributed by atoms with van der Waals surface area (Å²) in [6.45, 7) is 8.77. The first-order valence-electron chi connectivity index (χ1n) is 9.90. The van der Waals surface area contributed by atoms with Gasteiger partial charge >= 0.3 is 0 Å². The van der Waals surface area contributed by atoms with Crippen LogP contribution in [0.4, 0.5) is 9.52 Å². The molecule has 1 amide bonds. The first kappa shape index (κ1) is 25.3. The molecule has 1 heterocycles. The Kier molecular flexibility index (Phi) is 9.50. The van der Waals surface area contributed by atoms with Crippen LogP contribution in [0.25, 0.3) is 10.2 Å². The molecule has 5 nitrogen and oxygen atoms in total. The molecule has 0 N–H and O–H groups in total. The zero-order valence-corrected chi connectivity index (χ0v) is 20.1. The fourth-order valence-corrected chi connectivity index (χ4v) is 4.45. The largest absolute Gasteiger partial charge is 0.481 e. The fraction of sp³-hybridized carbons (Fsp3) is 0.364. The predicted octanol–water partition coefficient (Wildman–Crippen LogP) is 5.57. The summed E-state index contributed by atoms with van der Waals surface area (Å²) in [7, 11) is 0. The quantitative estimate of drug-likeness (QED) is 0.397. The number of likely N-dealkylation sites (N-methyl/N-ethyl adjacent to an activating group) is 1. The van der Waals surface area contributed by atoms with Crippen molar-refractivity contribution in [2.24, 2.45) is 0 Å². The molecule has 31 heavy (non-hydrogen) atoms. The minimum atomic E-state index is -0.498. The second-order valence-corrected chi connectivity index (χ2v) is 8.21. The number of anilines is 1. The van der Waals surface area contributed by atoms with E-state index in [1.807, 2.05) is 19.1 Å². The van der Waals surface area contributed by atoms with Crippen molar-refractivity contribution < 1.29 is 13.9 Å². The highest BCUT2D eigenvalue weighted by Crippen LogP contribution is 2.35. The minimum Gasteiger partial charge on any atom is -0.481 e. The van der Waals surface area contributed by atoms with Gasteiger partial charge in [0.25, 0.3) is 5.91 Å². The summed E-state index contributed by atoms with van der Waals surface area (Å²) in [6, 6.07) is 9.80. The average molecular weight is 486 g/mol. The number of amides is 1. The number of benzene rings is 2. The van der Waals surface area contributed by atoms with Crippen molar-refractivity contribution in [3.8, 4) is 5.75 Å². The average Bonchev–Trinajstić information content (AvgIpc) is 3.20. The van der Waals surface area contributed by atoms with Crippen LogP contribution in [0.5, 0.6) is 5.75 Å². The third kappa shape index (κ3) is 6.07. The third-order valence-corrected chi connectivity index (χ3v) is 6.48. The number of carbonyl (C=O) groups excluding carboxylic acids is 1. The van der Waals surface area contributed by atoms with E-state index in [0.29, 0.717) is 23.2 Å². The molecule has 0 aliphatic carbocycles. The number of aromatic nitrogens is 1. The zero-order valence-electron chi connectivity index (χ0n) is 17.7. The summed E-state index contributed by atoms with van der Waals surface area (Å²) in [4.78, 5) is 21.6. The van der Waals surface area contributed by atoms with E-state index in [4.69, 9.17) is 16.3 Å². The summed E-state index contributed by atoms with van der Waals surface area (Å²) in [5, 5.41) is 1.17. The van der Waals surface area contributed by atoms with Gasteiger partial charge in [-0.05, 0) is 43.8 Å². The van der Waals surface area contributed by atoms with Crippen molar-refractivity contribution in [2.75, 3.05) is 37.7 Å². The molecule has 0 aliphatic rings. The number of aryl methyl sites for hydroxylation is 1. The van der Waals surface area contributed by atoms with Crippen LogP contribution in [0.15, 0.2) is 36.4 Å². The first-order valence-corrected chi connectivity index (χ1v) is 11.1. The summed E-state index contributed by atoms with van der Waals surface area (Å²) in [6.07, 6.45) is 0. The van der Waals surface area contributed by atoms with Gasteiger partial charge in [0, 0.05) is 13.1 Å². The lowest BCUT2D eigenvalue weighted by atomic mass is 10.2. The Labute approximate surface area is 197 Å². The van der Waals surface area contributed by atoms with E-state index in [2.05, 4.69) is 23.7 Å². The lowest BCUT2D eigenvalue weighted by Crippen LogP contribution is -2.41. The Hall–Kier alpha value is -1.93.